The number of nitrogens with one attached hydrogen (secondary N) is 1. The van der Waals surface area contributed by atoms with E-state index in [9.17, 15) is 9.90 Å². The Balaban J connectivity index is 1.71. The second-order valence-electron chi connectivity index (χ2n) is 10.9. The number of amides is 1. The normalized spacial score (nSPS) is 28.6. The summed E-state index contributed by atoms with van der Waals surface area (Å²) in [5.41, 5.74) is 4.69. The Morgan fingerprint density at radius 3 is 2.43 bits per heavy atom. The molecular formula is C29H28N4O4. The molecule has 3 aliphatic rings. The molecule has 0 saturated carbocycles. The average molecular weight is 497 g/mol. The number of aromatic nitrogens is 2. The Morgan fingerprint density at radius 2 is 1.73 bits per heavy atom. The summed E-state index contributed by atoms with van der Waals surface area (Å²) < 4.78 is 17.6. The number of hydrogen-bond donors (Lipinski definition) is 2. The van der Waals surface area contributed by atoms with Crippen molar-refractivity contribution in [1.29, 1.82) is 0 Å². The Morgan fingerprint density at radius 1 is 1.05 bits per heavy atom. The number of likely N-dealkylation sites (N-methyl/N-ethyl adjacent to an activating group) is 1. The van der Waals surface area contributed by atoms with Crippen LogP contribution >= 0.6 is 0 Å². The maximum Gasteiger partial charge on any atom is 0.252 e. The van der Waals surface area contributed by atoms with E-state index in [1.54, 1.807) is 7.11 Å². The van der Waals surface area contributed by atoms with Gasteiger partial charge < -0.3 is 33.9 Å². The minimum absolute atomic E-state index is 0.0579. The quantitative estimate of drug-likeness (QED) is 0.390. The molecule has 188 valence electrons. The van der Waals surface area contributed by atoms with Gasteiger partial charge in [-0.25, -0.2) is 0 Å². The molecule has 37 heavy (non-hydrogen) atoms. The lowest BCUT2D eigenvalue weighted by Crippen LogP contribution is -2.65. The number of ether oxygens (including phenoxy) is 2. The van der Waals surface area contributed by atoms with E-state index in [0.29, 0.717) is 6.54 Å². The van der Waals surface area contributed by atoms with E-state index in [0.717, 1.165) is 54.7 Å². The van der Waals surface area contributed by atoms with Crippen molar-refractivity contribution in [3.63, 3.8) is 0 Å². The van der Waals surface area contributed by atoms with Gasteiger partial charge in [0, 0.05) is 35.2 Å². The lowest BCUT2D eigenvalue weighted by molar-refractivity contribution is -0.300. The highest BCUT2D eigenvalue weighted by molar-refractivity contribution is 6.31. The molecule has 5 heterocycles. The zero-order valence-electron chi connectivity index (χ0n) is 21.1. The molecule has 8 heteroatoms. The maximum atomic E-state index is 13.4. The van der Waals surface area contributed by atoms with Crippen molar-refractivity contribution in [3.05, 3.63) is 59.7 Å². The fourth-order valence-corrected chi connectivity index (χ4v) is 7.57. The Bertz CT molecular complexity index is 1820. The first-order valence-electron chi connectivity index (χ1n) is 12.7. The minimum Gasteiger partial charge on any atom is -0.387 e. The first kappa shape index (κ1) is 21.6. The van der Waals surface area contributed by atoms with Crippen LogP contribution in [0.5, 0.6) is 0 Å². The van der Waals surface area contributed by atoms with Gasteiger partial charge in [-0.2, -0.15) is 0 Å². The zero-order valence-corrected chi connectivity index (χ0v) is 21.1. The van der Waals surface area contributed by atoms with Crippen LogP contribution in [0.1, 0.15) is 29.1 Å². The van der Waals surface area contributed by atoms with Crippen LogP contribution in [0.4, 0.5) is 0 Å². The Hall–Kier alpha value is -3.43. The van der Waals surface area contributed by atoms with Crippen molar-refractivity contribution in [2.45, 2.75) is 43.7 Å². The van der Waals surface area contributed by atoms with Crippen LogP contribution in [0.25, 0.3) is 43.6 Å². The molecule has 3 aliphatic heterocycles. The number of benzene rings is 3. The summed E-state index contributed by atoms with van der Waals surface area (Å²) >= 11 is 0. The highest BCUT2D eigenvalue weighted by Crippen LogP contribution is 2.54. The van der Waals surface area contributed by atoms with Crippen LogP contribution in [0.2, 0.25) is 0 Å². The molecule has 2 bridgehead atoms. The van der Waals surface area contributed by atoms with Gasteiger partial charge in [0.2, 0.25) is 0 Å². The van der Waals surface area contributed by atoms with Crippen LogP contribution in [0.3, 0.4) is 0 Å². The molecule has 8 rings (SSSR count). The van der Waals surface area contributed by atoms with E-state index in [1.165, 1.54) is 0 Å². The second kappa shape index (κ2) is 6.90. The molecule has 5 atom stereocenters. The lowest BCUT2D eigenvalue weighted by atomic mass is 9.90. The molecular weight excluding hydrogens is 468 g/mol. The number of fused-ring (bicyclic) bond motifs is 13. The number of nitrogens with zero attached hydrogens (tertiary/aromatic N) is 3. The molecule has 1 amide bonds. The van der Waals surface area contributed by atoms with E-state index in [-0.39, 0.29) is 11.9 Å². The van der Waals surface area contributed by atoms with Gasteiger partial charge in [-0.15, -0.1) is 0 Å². The highest BCUT2D eigenvalue weighted by Gasteiger charge is 2.57. The molecule has 5 aromatic rings. The molecule has 0 unspecified atom stereocenters. The standard InChI is InChI=1S/C29H28N4O4/c1-29-26(36-4)24(31(2)3)25(34)28(37-29)32-17-11-7-5-9-14(17)20-21-16(13-30-27(21)35)19-15-10-6-8-12-18(15)33(29)23(19)22(20)32/h5-12,24-26,28,34H,13H2,1-4H3,(H,30,35)/t24-,25-,26-,28-,29+/m1/s1. The third-order valence-corrected chi connectivity index (χ3v) is 8.90. The van der Waals surface area contributed by atoms with Gasteiger partial charge in [0.05, 0.1) is 33.7 Å². The van der Waals surface area contributed by atoms with Crippen molar-refractivity contribution in [3.8, 4) is 0 Å². The summed E-state index contributed by atoms with van der Waals surface area (Å²) in [6.45, 7) is 2.55. The molecule has 1 saturated heterocycles. The number of rotatable bonds is 2. The summed E-state index contributed by atoms with van der Waals surface area (Å²) in [7, 11) is 5.63. The largest absolute Gasteiger partial charge is 0.387 e. The van der Waals surface area contributed by atoms with Crippen molar-refractivity contribution in [2.75, 3.05) is 21.2 Å². The molecule has 1 fully saturated rings. The van der Waals surface area contributed by atoms with Crippen LogP contribution < -0.4 is 5.32 Å². The van der Waals surface area contributed by atoms with Gasteiger partial charge in [0.15, 0.2) is 12.0 Å². The second-order valence-corrected chi connectivity index (χ2v) is 10.9. The Labute approximate surface area is 212 Å². The summed E-state index contributed by atoms with van der Waals surface area (Å²) in [4.78, 5) is 15.4. The van der Waals surface area contributed by atoms with E-state index in [2.05, 4.69) is 45.6 Å². The Kier molecular flexibility index (Phi) is 4.04. The van der Waals surface area contributed by atoms with Gasteiger partial charge in [0.1, 0.15) is 12.2 Å². The molecule has 3 aromatic carbocycles. The summed E-state index contributed by atoms with van der Waals surface area (Å²) in [5, 5.41) is 19.0. The van der Waals surface area contributed by atoms with Gasteiger partial charge in [0.25, 0.3) is 5.91 Å². The number of aliphatic hydroxyl groups is 1. The number of methoxy groups -OCH3 is 1. The molecule has 2 aromatic heterocycles. The van der Waals surface area contributed by atoms with Gasteiger partial charge in [-0.05, 0) is 38.7 Å². The fraction of sp³-hybridized carbons (Fsp3) is 0.345. The number of para-hydroxylation sites is 2. The average Bonchev–Trinajstić information content (AvgIpc) is 3.52. The van der Waals surface area contributed by atoms with Crippen LogP contribution in [-0.4, -0.2) is 64.5 Å². The first-order chi connectivity index (χ1) is 17.9. The number of carbonyl (C=O) groups is 1. The number of aliphatic hydroxyl groups excluding tert-OH is 1. The molecule has 0 spiro atoms. The third-order valence-electron chi connectivity index (χ3n) is 8.90. The van der Waals surface area contributed by atoms with Crippen LogP contribution in [-0.2, 0) is 21.7 Å². The molecule has 0 radical (unpaired) electrons. The summed E-state index contributed by atoms with van der Waals surface area (Å²) in [5.74, 6) is -0.0579. The van der Waals surface area contributed by atoms with Crippen LogP contribution in [0, 0.1) is 0 Å². The van der Waals surface area contributed by atoms with E-state index in [4.69, 9.17) is 9.47 Å². The van der Waals surface area contributed by atoms with Gasteiger partial charge >= 0.3 is 0 Å². The van der Waals surface area contributed by atoms with Crippen molar-refractivity contribution in [2.24, 2.45) is 0 Å². The zero-order chi connectivity index (χ0) is 25.4. The topological polar surface area (TPSA) is 80.9 Å². The number of hydrogen-bond acceptors (Lipinski definition) is 5. The van der Waals surface area contributed by atoms with Crippen molar-refractivity contribution < 1.29 is 19.4 Å². The summed E-state index contributed by atoms with van der Waals surface area (Å²) in [6, 6.07) is 16.1. The predicted molar refractivity (Wildman–Crippen MR) is 142 cm³/mol. The van der Waals surface area contributed by atoms with E-state index >= 15 is 0 Å². The lowest BCUT2D eigenvalue weighted by Gasteiger charge is -2.52. The third kappa shape index (κ3) is 2.32. The summed E-state index contributed by atoms with van der Waals surface area (Å²) in [6.07, 6.45) is -2.03. The van der Waals surface area contributed by atoms with Crippen molar-refractivity contribution in [1.82, 2.24) is 19.4 Å². The first-order valence-corrected chi connectivity index (χ1v) is 12.7. The van der Waals surface area contributed by atoms with Crippen LogP contribution in [0.15, 0.2) is 48.5 Å². The molecule has 8 nitrogen and oxygen atoms in total. The monoisotopic (exact) mass is 496 g/mol. The molecule has 2 N–H and O–H groups in total. The number of carbonyl (C=O) groups excluding carboxylic acids is 1. The smallest absolute Gasteiger partial charge is 0.252 e. The SMILES string of the molecule is CO[C@@H]1[C@H](N(C)C)[C@@H](O)[C@H]2O[C@]1(C)n1c3ccccc3c3c4c(c5c6ccccc6n2c5c31)C(=O)NC4. The predicted octanol–water partition coefficient (Wildman–Crippen LogP) is 3.67. The fourth-order valence-electron chi connectivity index (χ4n) is 7.57. The van der Waals surface area contributed by atoms with Gasteiger partial charge in [-0.3, -0.25) is 4.79 Å². The highest BCUT2D eigenvalue weighted by atomic mass is 16.6. The minimum atomic E-state index is -0.938. The maximum absolute atomic E-state index is 13.4. The van der Waals surface area contributed by atoms with E-state index < -0.39 is 24.2 Å². The molecule has 0 aliphatic carbocycles. The van der Waals surface area contributed by atoms with E-state index in [1.807, 2.05) is 43.3 Å². The van der Waals surface area contributed by atoms with Gasteiger partial charge in [-0.1, -0.05) is 36.4 Å². The van der Waals surface area contributed by atoms with Crippen molar-refractivity contribution >= 4 is 49.5 Å².